The van der Waals surface area contributed by atoms with E-state index in [0.717, 1.165) is 82.0 Å². The molecule has 0 bridgehead atoms. The minimum Gasteiger partial charge on any atom is -0.508 e. The molecule has 4 unspecified atom stereocenters. The first-order chi connectivity index (χ1) is 19.7. The van der Waals surface area contributed by atoms with Gasteiger partial charge in [0.15, 0.2) is 0 Å². The number of hydrogen-bond donors (Lipinski definition) is 2. The Morgan fingerprint density at radius 2 is 1.57 bits per heavy atom. The van der Waals surface area contributed by atoms with Crippen molar-refractivity contribution in [1.82, 2.24) is 4.90 Å². The van der Waals surface area contributed by atoms with Crippen LogP contribution in [0, 0.1) is 23.2 Å². The van der Waals surface area contributed by atoms with E-state index in [1.54, 1.807) is 6.07 Å². The van der Waals surface area contributed by atoms with Crippen molar-refractivity contribution in [2.75, 3.05) is 20.1 Å². The minimum atomic E-state index is -5.46. The van der Waals surface area contributed by atoms with Gasteiger partial charge >= 0.3 is 12.1 Å². The number of benzene rings is 1. The van der Waals surface area contributed by atoms with E-state index in [0.29, 0.717) is 31.1 Å². The van der Waals surface area contributed by atoms with Crippen molar-refractivity contribution in [3.63, 3.8) is 0 Å². The van der Waals surface area contributed by atoms with Crippen molar-refractivity contribution in [3.8, 4) is 5.75 Å². The maximum atomic E-state index is 15.9. The first-order valence-corrected chi connectivity index (χ1v) is 16.0. The lowest BCUT2D eigenvalue weighted by Crippen LogP contribution is -2.51. The number of halogens is 6. The van der Waals surface area contributed by atoms with Gasteiger partial charge in [-0.15, -0.1) is 0 Å². The highest BCUT2D eigenvalue weighted by Gasteiger charge is 2.60. The second-order valence-electron chi connectivity index (χ2n) is 13.7. The summed E-state index contributed by atoms with van der Waals surface area (Å²) >= 11 is 0. The largest absolute Gasteiger partial charge is 0.508 e. The van der Waals surface area contributed by atoms with Gasteiger partial charge in [-0.25, -0.2) is 4.39 Å². The Hall–Kier alpha value is -1.48. The molecule has 1 aromatic rings. The standard InChI is InChI=1S/C33H49F6NO2/c1-31-21-27(34)30-25-13-12-24(41)20-23(25)19-22(29(30)26(31)14-15-28(31)42)11-7-6-10-18-40(2)17-9-5-3-4-8-16-32(35,36)33(37,38)39/h12-13,20,22,26-30,41-42H,3-11,14-19,21H2,1-2H3/t22-,26?,27+,28+,29?,30?,31?/m1/s1. The Balaban J connectivity index is 1.19. The molecule has 7 atom stereocenters. The van der Waals surface area contributed by atoms with Crippen LogP contribution in [-0.4, -0.2) is 59.6 Å². The summed E-state index contributed by atoms with van der Waals surface area (Å²) in [5, 5.41) is 20.9. The SMILES string of the molecule is CN(CCCCCCCC(F)(F)C(F)(F)F)CCCCC[C@@H]1Cc2cc(O)ccc2C2C1C1CC[C@H](O)C1(C)C[C@@H]2F. The summed E-state index contributed by atoms with van der Waals surface area (Å²) in [5.41, 5.74) is 1.75. The van der Waals surface area contributed by atoms with E-state index in [1.807, 2.05) is 12.1 Å². The molecule has 4 rings (SSSR count). The maximum Gasteiger partial charge on any atom is 0.453 e. The van der Waals surface area contributed by atoms with Crippen molar-refractivity contribution < 1.29 is 36.6 Å². The molecule has 9 heteroatoms. The molecule has 3 aliphatic rings. The average Bonchev–Trinajstić information content (AvgIpc) is 3.20. The number of unbranched alkanes of at least 4 members (excludes halogenated alkanes) is 6. The normalized spacial score (nSPS) is 31.2. The third-order valence-corrected chi connectivity index (χ3v) is 10.8. The summed E-state index contributed by atoms with van der Waals surface area (Å²) in [6.07, 6.45) is 1.64. The predicted molar refractivity (Wildman–Crippen MR) is 153 cm³/mol. The Labute approximate surface area is 247 Å². The zero-order valence-corrected chi connectivity index (χ0v) is 25.1. The van der Waals surface area contributed by atoms with Crippen LogP contribution in [0.2, 0.25) is 0 Å². The Morgan fingerprint density at radius 1 is 0.929 bits per heavy atom. The lowest BCUT2D eigenvalue weighted by atomic mass is 9.51. The van der Waals surface area contributed by atoms with E-state index in [-0.39, 0.29) is 29.4 Å². The third-order valence-electron chi connectivity index (χ3n) is 10.8. The molecule has 0 saturated heterocycles. The van der Waals surface area contributed by atoms with Crippen LogP contribution in [0.5, 0.6) is 5.75 Å². The molecular formula is C33H49F6NO2. The van der Waals surface area contributed by atoms with E-state index in [2.05, 4.69) is 18.9 Å². The number of rotatable bonds is 14. The van der Waals surface area contributed by atoms with Crippen LogP contribution in [-0.2, 0) is 6.42 Å². The quantitative estimate of drug-likeness (QED) is 0.165. The highest BCUT2D eigenvalue weighted by molar-refractivity contribution is 5.41. The van der Waals surface area contributed by atoms with Gasteiger partial charge in [0.05, 0.1) is 6.10 Å². The van der Waals surface area contributed by atoms with Crippen molar-refractivity contribution >= 4 is 0 Å². The van der Waals surface area contributed by atoms with Crippen LogP contribution in [0.1, 0.15) is 107 Å². The summed E-state index contributed by atoms with van der Waals surface area (Å²) in [6.45, 7) is 3.89. The molecule has 0 aromatic heterocycles. The van der Waals surface area contributed by atoms with Crippen molar-refractivity contribution in [3.05, 3.63) is 29.3 Å². The molecule has 0 radical (unpaired) electrons. The molecule has 42 heavy (non-hydrogen) atoms. The number of aromatic hydroxyl groups is 1. The zero-order valence-electron chi connectivity index (χ0n) is 25.1. The molecule has 3 aliphatic carbocycles. The second kappa shape index (κ2) is 13.7. The fourth-order valence-electron chi connectivity index (χ4n) is 8.51. The molecule has 2 fully saturated rings. The van der Waals surface area contributed by atoms with Gasteiger partial charge < -0.3 is 15.1 Å². The smallest absolute Gasteiger partial charge is 0.453 e. The molecule has 2 saturated carbocycles. The van der Waals surface area contributed by atoms with E-state index in [9.17, 15) is 32.2 Å². The van der Waals surface area contributed by atoms with Crippen molar-refractivity contribution in [1.29, 1.82) is 0 Å². The molecule has 3 nitrogen and oxygen atoms in total. The van der Waals surface area contributed by atoms with E-state index < -0.39 is 30.8 Å². The fourth-order valence-corrected chi connectivity index (χ4v) is 8.51. The molecular weight excluding hydrogens is 556 g/mol. The van der Waals surface area contributed by atoms with Gasteiger partial charge in [-0.2, -0.15) is 22.0 Å². The van der Waals surface area contributed by atoms with E-state index in [4.69, 9.17) is 0 Å². The van der Waals surface area contributed by atoms with Gasteiger partial charge in [-0.05, 0) is 118 Å². The number of phenols is 1. The summed E-state index contributed by atoms with van der Waals surface area (Å²) in [4.78, 5) is 2.24. The number of hydrogen-bond acceptors (Lipinski definition) is 3. The molecule has 0 spiro atoms. The molecule has 0 aliphatic heterocycles. The summed E-state index contributed by atoms with van der Waals surface area (Å²) in [5.74, 6) is -3.70. The number of phenolic OH excluding ortho intramolecular Hbond substituents is 1. The Kier molecular flexibility index (Phi) is 10.9. The number of alkyl halides is 6. The number of aliphatic hydroxyl groups excluding tert-OH is 1. The topological polar surface area (TPSA) is 43.7 Å². The Morgan fingerprint density at radius 3 is 2.26 bits per heavy atom. The van der Waals surface area contributed by atoms with Crippen molar-refractivity contribution in [2.45, 2.75) is 127 Å². The van der Waals surface area contributed by atoms with Crippen molar-refractivity contribution in [2.24, 2.45) is 23.2 Å². The lowest BCUT2D eigenvalue weighted by molar-refractivity contribution is -0.284. The zero-order chi connectivity index (χ0) is 30.7. The minimum absolute atomic E-state index is 0.121. The van der Waals surface area contributed by atoms with Crippen LogP contribution in [0.3, 0.4) is 0 Å². The lowest BCUT2D eigenvalue weighted by Gasteiger charge is -2.54. The predicted octanol–water partition coefficient (Wildman–Crippen LogP) is 8.81. The molecule has 1 aromatic carbocycles. The van der Waals surface area contributed by atoms with E-state index in [1.165, 1.54) is 0 Å². The molecule has 240 valence electrons. The Bertz CT molecular complexity index is 1020. The maximum absolute atomic E-state index is 15.9. The van der Waals surface area contributed by atoms with Gasteiger partial charge in [0.2, 0.25) is 0 Å². The van der Waals surface area contributed by atoms with Crippen LogP contribution in [0.4, 0.5) is 26.3 Å². The van der Waals surface area contributed by atoms with Gasteiger partial charge in [-0.1, -0.05) is 45.1 Å². The fraction of sp³-hybridized carbons (Fsp3) is 0.818. The number of fused-ring (bicyclic) bond motifs is 5. The number of aliphatic hydroxyl groups is 1. The second-order valence-corrected chi connectivity index (χ2v) is 13.7. The average molecular weight is 606 g/mol. The van der Waals surface area contributed by atoms with Gasteiger partial charge in [0.1, 0.15) is 11.9 Å². The first kappa shape index (κ1) is 33.4. The number of nitrogens with zero attached hydrogens (tertiary/aromatic N) is 1. The highest BCUT2D eigenvalue weighted by Crippen LogP contribution is 2.63. The summed E-state index contributed by atoms with van der Waals surface area (Å²) < 4.78 is 78.5. The summed E-state index contributed by atoms with van der Waals surface area (Å²) in [6, 6.07) is 5.41. The molecule has 2 N–H and O–H groups in total. The van der Waals surface area contributed by atoms with E-state index >= 15 is 4.39 Å². The summed E-state index contributed by atoms with van der Waals surface area (Å²) in [7, 11) is 2.05. The molecule has 0 amide bonds. The highest BCUT2D eigenvalue weighted by atomic mass is 19.4. The van der Waals surface area contributed by atoms with Crippen LogP contribution in [0.25, 0.3) is 0 Å². The van der Waals surface area contributed by atoms with Crippen LogP contribution in [0.15, 0.2) is 18.2 Å². The van der Waals surface area contributed by atoms with Crippen LogP contribution >= 0.6 is 0 Å². The first-order valence-electron chi connectivity index (χ1n) is 16.0. The monoisotopic (exact) mass is 605 g/mol. The van der Waals surface area contributed by atoms with Gasteiger partial charge in [0, 0.05) is 12.3 Å². The van der Waals surface area contributed by atoms with Gasteiger partial charge in [0.25, 0.3) is 0 Å². The third kappa shape index (κ3) is 7.41. The van der Waals surface area contributed by atoms with Crippen LogP contribution < -0.4 is 0 Å². The van der Waals surface area contributed by atoms with Gasteiger partial charge in [-0.3, -0.25) is 0 Å². The molecule has 0 heterocycles.